The zero-order chi connectivity index (χ0) is 8.53. The molecule has 0 amide bonds. The van der Waals surface area contributed by atoms with Crippen molar-refractivity contribution in [2.45, 2.75) is 45.4 Å². The molecule has 0 atom stereocenters. The molecule has 0 aromatic rings. The van der Waals surface area contributed by atoms with Crippen LogP contribution in [-0.2, 0) is 0 Å². The molecule has 0 aromatic heterocycles. The smallest absolute Gasteiger partial charge is 0.128 e. The van der Waals surface area contributed by atoms with E-state index in [2.05, 4.69) is 6.92 Å². The van der Waals surface area contributed by atoms with Crippen molar-refractivity contribution in [3.63, 3.8) is 0 Å². The van der Waals surface area contributed by atoms with Crippen molar-refractivity contribution in [3.05, 3.63) is 12.2 Å². The van der Waals surface area contributed by atoms with Gasteiger partial charge in [0.1, 0.15) is 12.2 Å². The first-order valence-electron chi connectivity index (χ1n) is 4.26. The lowest BCUT2D eigenvalue weighted by molar-refractivity contribution is 0.519. The number of allylic oxidation sites excluding steroid dienone is 1. The predicted molar refractivity (Wildman–Crippen MR) is 43.7 cm³/mol. The van der Waals surface area contributed by atoms with Crippen molar-refractivity contribution < 1.29 is 8.78 Å². The molecule has 0 nitrogen and oxygen atoms in total. The summed E-state index contributed by atoms with van der Waals surface area (Å²) in [5, 5.41) is 0. The Labute approximate surface area is 67.3 Å². The third-order valence-corrected chi connectivity index (χ3v) is 1.64. The Morgan fingerprint density at radius 3 is 2.36 bits per heavy atom. The van der Waals surface area contributed by atoms with Crippen molar-refractivity contribution in [2.75, 3.05) is 0 Å². The Morgan fingerprint density at radius 2 is 1.82 bits per heavy atom. The zero-order valence-corrected chi connectivity index (χ0v) is 7.08. The Hall–Kier alpha value is -0.400. The number of hydrogen-bond donors (Lipinski definition) is 0. The minimum Gasteiger partial charge on any atom is -0.213 e. The monoisotopic (exact) mass is 162 g/mol. The van der Waals surface area contributed by atoms with Gasteiger partial charge in [-0.3, -0.25) is 0 Å². The summed E-state index contributed by atoms with van der Waals surface area (Å²) >= 11 is 0. The first-order valence-corrected chi connectivity index (χ1v) is 4.26. The fourth-order valence-electron chi connectivity index (χ4n) is 0.952. The van der Waals surface area contributed by atoms with Crippen molar-refractivity contribution >= 4 is 0 Å². The molecule has 0 aliphatic heterocycles. The zero-order valence-electron chi connectivity index (χ0n) is 7.08. The average molecular weight is 162 g/mol. The van der Waals surface area contributed by atoms with E-state index in [4.69, 9.17) is 0 Å². The fraction of sp³-hybridized carbons (Fsp3) is 0.778. The molecule has 2 heteroatoms. The number of rotatable bonds is 6. The fourth-order valence-corrected chi connectivity index (χ4v) is 0.952. The van der Waals surface area contributed by atoms with Gasteiger partial charge >= 0.3 is 0 Å². The van der Waals surface area contributed by atoms with Crippen molar-refractivity contribution in [1.29, 1.82) is 0 Å². The molecule has 0 bridgehead atoms. The normalized spacial score (nSPS) is 12.1. The van der Waals surface area contributed by atoms with Crippen LogP contribution in [0.1, 0.15) is 45.4 Å². The lowest BCUT2D eigenvalue weighted by Gasteiger charge is -1.96. The minimum absolute atomic E-state index is 0.0554. The topological polar surface area (TPSA) is 0 Å². The predicted octanol–water partition coefficient (Wildman–Crippen LogP) is 4.13. The second-order valence-electron chi connectivity index (χ2n) is 2.72. The third-order valence-electron chi connectivity index (χ3n) is 1.64. The van der Waals surface area contributed by atoms with Gasteiger partial charge in [0.05, 0.1) is 0 Å². The van der Waals surface area contributed by atoms with E-state index in [-0.39, 0.29) is 12.8 Å². The van der Waals surface area contributed by atoms with Crippen molar-refractivity contribution in [1.82, 2.24) is 0 Å². The molecule has 0 N–H and O–H groups in total. The quantitative estimate of drug-likeness (QED) is 0.515. The number of hydrogen-bond acceptors (Lipinski definition) is 0. The van der Waals surface area contributed by atoms with E-state index >= 15 is 0 Å². The molecule has 0 unspecified atom stereocenters. The summed E-state index contributed by atoms with van der Waals surface area (Å²) in [6, 6.07) is 0. The van der Waals surface area contributed by atoms with Crippen LogP contribution in [0.4, 0.5) is 8.78 Å². The van der Waals surface area contributed by atoms with Crippen LogP contribution in [0.3, 0.4) is 0 Å². The highest BCUT2D eigenvalue weighted by Crippen LogP contribution is 2.11. The Bertz CT molecular complexity index is 108. The van der Waals surface area contributed by atoms with E-state index in [9.17, 15) is 8.78 Å². The molecular weight excluding hydrogens is 146 g/mol. The van der Waals surface area contributed by atoms with Gasteiger partial charge in [-0.05, 0) is 6.42 Å². The summed E-state index contributed by atoms with van der Waals surface area (Å²) in [6.07, 6.45) is 5.61. The molecule has 0 aliphatic carbocycles. The Morgan fingerprint density at radius 1 is 1.18 bits per heavy atom. The molecule has 0 heterocycles. The maximum Gasteiger partial charge on any atom is 0.128 e. The van der Waals surface area contributed by atoms with Gasteiger partial charge in [0.2, 0.25) is 0 Å². The Kier molecular flexibility index (Phi) is 7.42. The summed E-state index contributed by atoms with van der Waals surface area (Å²) < 4.78 is 23.6. The van der Waals surface area contributed by atoms with E-state index in [1.807, 2.05) is 0 Å². The SMILES string of the molecule is CCCCCCCC(F)=CF. The molecule has 0 rings (SSSR count). The van der Waals surface area contributed by atoms with Crippen LogP contribution in [0, 0.1) is 0 Å². The van der Waals surface area contributed by atoms with Gasteiger partial charge in [0, 0.05) is 6.42 Å². The molecule has 0 aliphatic rings. The van der Waals surface area contributed by atoms with Crippen LogP contribution in [-0.4, -0.2) is 0 Å². The van der Waals surface area contributed by atoms with Gasteiger partial charge in [-0.25, -0.2) is 8.78 Å². The number of halogens is 2. The molecule has 0 spiro atoms. The van der Waals surface area contributed by atoms with Crippen molar-refractivity contribution in [2.24, 2.45) is 0 Å². The van der Waals surface area contributed by atoms with E-state index < -0.39 is 5.83 Å². The number of unbranched alkanes of at least 4 members (excludes halogenated alkanes) is 4. The molecule has 0 fully saturated rings. The first kappa shape index (κ1) is 10.6. The molecule has 11 heavy (non-hydrogen) atoms. The highest BCUT2D eigenvalue weighted by Gasteiger charge is 1.94. The van der Waals surface area contributed by atoms with E-state index in [0.717, 1.165) is 19.3 Å². The minimum atomic E-state index is -0.624. The highest BCUT2D eigenvalue weighted by atomic mass is 19.2. The second-order valence-corrected chi connectivity index (χ2v) is 2.72. The second kappa shape index (κ2) is 7.70. The van der Waals surface area contributed by atoms with Gasteiger partial charge in [-0.15, -0.1) is 0 Å². The van der Waals surface area contributed by atoms with Gasteiger partial charge in [0.25, 0.3) is 0 Å². The van der Waals surface area contributed by atoms with Gasteiger partial charge in [0.15, 0.2) is 0 Å². The van der Waals surface area contributed by atoms with E-state index in [1.54, 1.807) is 0 Å². The highest BCUT2D eigenvalue weighted by molar-refractivity contribution is 4.83. The van der Waals surface area contributed by atoms with Crippen LogP contribution in [0.2, 0.25) is 0 Å². The summed E-state index contributed by atoms with van der Waals surface area (Å²) in [5.74, 6) is -0.624. The van der Waals surface area contributed by atoms with E-state index in [1.165, 1.54) is 12.8 Å². The van der Waals surface area contributed by atoms with Crippen LogP contribution in [0.15, 0.2) is 12.2 Å². The van der Waals surface area contributed by atoms with Gasteiger partial charge in [-0.1, -0.05) is 32.6 Å². The molecular formula is C9H16F2. The van der Waals surface area contributed by atoms with Crippen LogP contribution < -0.4 is 0 Å². The molecule has 0 saturated carbocycles. The first-order chi connectivity index (χ1) is 5.31. The standard InChI is InChI=1S/C9H16F2/c1-2-3-4-5-6-7-9(11)8-10/h8H,2-7H2,1H3. The average Bonchev–Trinajstić information content (AvgIpc) is 2.04. The maximum atomic E-state index is 12.1. The summed E-state index contributed by atoms with van der Waals surface area (Å²) in [6.45, 7) is 2.13. The van der Waals surface area contributed by atoms with Crippen LogP contribution in [0.5, 0.6) is 0 Å². The molecule has 0 aromatic carbocycles. The summed E-state index contributed by atoms with van der Waals surface area (Å²) in [4.78, 5) is 0. The van der Waals surface area contributed by atoms with Gasteiger partial charge < -0.3 is 0 Å². The summed E-state index contributed by atoms with van der Waals surface area (Å²) in [7, 11) is 0. The van der Waals surface area contributed by atoms with Gasteiger partial charge in [-0.2, -0.15) is 0 Å². The van der Waals surface area contributed by atoms with E-state index in [0.29, 0.717) is 0 Å². The lowest BCUT2D eigenvalue weighted by Crippen LogP contribution is -1.78. The Balaban J connectivity index is 3.02. The maximum absolute atomic E-state index is 12.1. The lowest BCUT2D eigenvalue weighted by atomic mass is 10.1. The molecule has 0 saturated heterocycles. The molecule has 0 radical (unpaired) electrons. The largest absolute Gasteiger partial charge is 0.213 e. The third kappa shape index (κ3) is 7.50. The van der Waals surface area contributed by atoms with Crippen LogP contribution in [0.25, 0.3) is 0 Å². The van der Waals surface area contributed by atoms with Crippen molar-refractivity contribution in [3.8, 4) is 0 Å². The summed E-state index contributed by atoms with van der Waals surface area (Å²) in [5.41, 5.74) is 0. The molecule has 66 valence electrons. The van der Waals surface area contributed by atoms with Crippen LogP contribution >= 0.6 is 0 Å².